The Labute approximate surface area is 620 Å². The Bertz CT molecular complexity index is 6570. The highest BCUT2D eigenvalue weighted by Gasteiger charge is 2.52. The summed E-state index contributed by atoms with van der Waals surface area (Å²) in [4.78, 5) is 9.73. The van der Waals surface area contributed by atoms with Gasteiger partial charge in [0.2, 0.25) is 0 Å². The van der Waals surface area contributed by atoms with Crippen LogP contribution in [0.5, 0.6) is 0 Å². The molecule has 16 aromatic carbocycles. The minimum atomic E-state index is -0.422. The molecule has 23 rings (SSSR count). The summed E-state index contributed by atoms with van der Waals surface area (Å²) in [7, 11) is -0.422. The van der Waals surface area contributed by atoms with E-state index in [1.165, 1.54) is 193 Å². The van der Waals surface area contributed by atoms with E-state index in [4.69, 9.17) is 25.9 Å². The van der Waals surface area contributed by atoms with Crippen molar-refractivity contribution in [2.75, 3.05) is 0 Å². The molecule has 3 heterocycles. The molecule has 0 bridgehead atoms. The van der Waals surface area contributed by atoms with E-state index in [9.17, 15) is 0 Å². The Morgan fingerprint density at radius 2 is 0.557 bits per heavy atom. The molecule has 0 unspecified atom stereocenters. The van der Waals surface area contributed by atoms with Crippen molar-refractivity contribution in [3.8, 4) is 145 Å². The first-order chi connectivity index (χ1) is 52.0. The molecule has 0 spiro atoms. The summed E-state index contributed by atoms with van der Waals surface area (Å²) in [5, 5.41) is 13.1. The minimum absolute atomic E-state index is 0.401. The van der Waals surface area contributed by atoms with Gasteiger partial charge in [-0.15, -0.1) is 0 Å². The molecule has 0 N–H and O–H groups in total. The zero-order valence-corrected chi connectivity index (χ0v) is 59.6. The second-order valence-corrected chi connectivity index (χ2v) is 29.9. The number of hydrogen-bond donors (Lipinski definition) is 0. The fourth-order valence-electron chi connectivity index (χ4n) is 18.1. The van der Waals surface area contributed by atoms with Gasteiger partial charge in [-0.2, -0.15) is 0 Å². The first kappa shape index (κ1) is 62.2. The molecule has 6 heteroatoms. The largest absolute Gasteiger partial charge is 0.495 e. The van der Waals surface area contributed by atoms with Crippen molar-refractivity contribution in [1.82, 2.24) is 9.97 Å². The smallest absolute Gasteiger partial charge is 0.399 e. The SMILES string of the molecule is CC1(C)OB(c2ccc3c4c(cccc24)-c2c-3c(-c3ccccc3)c3ccccc3c2-c2ccccc2)OC1(C)C.Clc1cc2c3c(cccc3n1)-c1ccccc1-2.c1ccc(-c2c3c(c(-c4ccccc4)c4ccccc24)-c2ccc(-c4cc5c6c(cccc6n4)-c4ccccc4-5)c4cccc-3c24)cc1. The number of benzene rings is 16. The summed E-state index contributed by atoms with van der Waals surface area (Å²) in [5.74, 6) is 0. The lowest BCUT2D eigenvalue weighted by molar-refractivity contribution is 0.00578. The third-order valence-corrected chi connectivity index (χ3v) is 23.5. The van der Waals surface area contributed by atoms with Gasteiger partial charge in [-0.1, -0.05) is 315 Å². The average Bonchev–Trinajstić information content (AvgIpc) is 1.54. The normalized spacial score (nSPS) is 13.8. The molecule has 1 aliphatic heterocycles. The number of pyridine rings is 2. The molecule has 498 valence electrons. The second kappa shape index (κ2) is 23.8. The van der Waals surface area contributed by atoms with Gasteiger partial charge in [0.05, 0.1) is 27.9 Å². The van der Waals surface area contributed by atoms with E-state index in [-0.39, 0.29) is 0 Å². The number of nitrogens with zero attached hydrogens (tertiary/aromatic N) is 2. The van der Waals surface area contributed by atoms with Crippen LogP contribution in [0.4, 0.5) is 0 Å². The van der Waals surface area contributed by atoms with Gasteiger partial charge in [-0.05, 0) is 234 Å². The first-order valence-electron chi connectivity index (χ1n) is 36.7. The third-order valence-electron chi connectivity index (χ3n) is 23.3. The Balaban J connectivity index is 0.000000112. The van der Waals surface area contributed by atoms with Gasteiger partial charge in [0, 0.05) is 16.3 Å². The van der Waals surface area contributed by atoms with Crippen LogP contribution in [0.15, 0.2) is 328 Å². The molecule has 4 aliphatic carbocycles. The van der Waals surface area contributed by atoms with Crippen molar-refractivity contribution in [3.05, 3.63) is 333 Å². The quantitative estimate of drug-likeness (QED) is 0.123. The minimum Gasteiger partial charge on any atom is -0.399 e. The standard InChI is InChI=1S/C47H27N.C38H31BO2.C15H8ClN/c1-3-13-28(14-4-1)42-35-19-9-10-20-36(35)43(29-15-5-2-6-16-29)47-38-26-25-32(34-21-11-23-37(44(34)38)46(42)47)41-27-39-31-18-8-7-17-30(31)33-22-12-24-40(48-41)45(33)39;1-37(2)38(3,4)41-39(40-37)31-23-22-30-34-28(31)20-13-21-29(34)35-32(24-14-7-5-8-15-24)26-18-11-12-19-27(26)33(36(30)35)25-16-9-6-10-17-25;16-14-8-12-10-5-2-1-4-9(10)11-6-3-7-13(17-14)15(11)12/h1-27H;5-23H,1-4H3;1-8H. The summed E-state index contributed by atoms with van der Waals surface area (Å²) in [6.45, 7) is 8.47. The van der Waals surface area contributed by atoms with Crippen molar-refractivity contribution < 1.29 is 9.31 Å². The van der Waals surface area contributed by atoms with Crippen LogP contribution in [0.2, 0.25) is 5.15 Å². The predicted octanol–water partition coefficient (Wildman–Crippen LogP) is 26.6. The van der Waals surface area contributed by atoms with Crippen LogP contribution in [0.25, 0.3) is 210 Å². The zero-order chi connectivity index (χ0) is 70.7. The summed E-state index contributed by atoms with van der Waals surface area (Å²) in [6.07, 6.45) is 0. The van der Waals surface area contributed by atoms with E-state index < -0.39 is 18.3 Å². The lowest BCUT2D eigenvalue weighted by atomic mass is 9.75. The summed E-state index contributed by atoms with van der Waals surface area (Å²) >= 11 is 6.08. The highest BCUT2D eigenvalue weighted by atomic mass is 35.5. The molecule has 18 aromatic rings. The van der Waals surface area contributed by atoms with Gasteiger partial charge < -0.3 is 9.31 Å². The summed E-state index contributed by atoms with van der Waals surface area (Å²) in [5.41, 5.74) is 35.1. The molecule has 1 saturated heterocycles. The molecule has 0 radical (unpaired) electrons. The highest BCUT2D eigenvalue weighted by Crippen LogP contribution is 2.61. The number of hydrogen-bond acceptors (Lipinski definition) is 4. The van der Waals surface area contributed by atoms with Crippen LogP contribution in [-0.2, 0) is 9.31 Å². The Hall–Kier alpha value is -12.3. The summed E-state index contributed by atoms with van der Waals surface area (Å²) < 4.78 is 13.1. The monoisotopic (exact) mass is 1370 g/mol. The van der Waals surface area contributed by atoms with Crippen molar-refractivity contribution in [3.63, 3.8) is 0 Å². The van der Waals surface area contributed by atoms with E-state index in [2.05, 4.69) is 342 Å². The van der Waals surface area contributed by atoms with E-state index in [0.29, 0.717) is 5.15 Å². The molecule has 0 saturated carbocycles. The van der Waals surface area contributed by atoms with E-state index in [0.717, 1.165) is 22.2 Å². The van der Waals surface area contributed by atoms with Gasteiger partial charge in [-0.25, -0.2) is 9.97 Å². The van der Waals surface area contributed by atoms with Crippen LogP contribution in [0, 0.1) is 0 Å². The molecule has 5 aliphatic rings. The van der Waals surface area contributed by atoms with Gasteiger partial charge in [-0.3, -0.25) is 0 Å². The maximum absolute atomic E-state index is 6.56. The molecule has 1 fully saturated rings. The van der Waals surface area contributed by atoms with Crippen LogP contribution < -0.4 is 5.46 Å². The van der Waals surface area contributed by atoms with Crippen molar-refractivity contribution in [1.29, 1.82) is 0 Å². The Morgan fingerprint density at radius 1 is 0.245 bits per heavy atom. The number of halogens is 1. The molecule has 4 nitrogen and oxygen atoms in total. The predicted molar refractivity (Wildman–Crippen MR) is 446 cm³/mol. The van der Waals surface area contributed by atoms with Gasteiger partial charge in [0.15, 0.2) is 0 Å². The van der Waals surface area contributed by atoms with Crippen molar-refractivity contribution in [2.45, 2.75) is 38.9 Å². The number of aromatic nitrogens is 2. The van der Waals surface area contributed by atoms with Crippen LogP contribution >= 0.6 is 11.6 Å². The first-order valence-corrected chi connectivity index (χ1v) is 37.0. The Morgan fingerprint density at radius 3 is 1.00 bits per heavy atom. The lowest BCUT2D eigenvalue weighted by Crippen LogP contribution is -2.41. The maximum Gasteiger partial charge on any atom is 0.495 e. The Kier molecular flexibility index (Phi) is 14.0. The highest BCUT2D eigenvalue weighted by molar-refractivity contribution is 6.65. The van der Waals surface area contributed by atoms with E-state index in [1.54, 1.807) is 0 Å². The van der Waals surface area contributed by atoms with Crippen LogP contribution in [-0.4, -0.2) is 28.3 Å². The molecule has 2 aromatic heterocycles. The third kappa shape index (κ3) is 9.30. The molecular weight excluding hydrogens is 1310 g/mol. The fourth-order valence-corrected chi connectivity index (χ4v) is 18.3. The van der Waals surface area contributed by atoms with Gasteiger partial charge >= 0.3 is 7.12 Å². The molecule has 0 amide bonds. The topological polar surface area (TPSA) is 44.2 Å². The fraction of sp³-hybridized carbons (Fsp3) is 0.0600. The molecule has 0 atom stereocenters. The van der Waals surface area contributed by atoms with E-state index in [1.807, 2.05) is 18.2 Å². The zero-order valence-electron chi connectivity index (χ0n) is 58.8. The van der Waals surface area contributed by atoms with Crippen LogP contribution in [0.1, 0.15) is 27.7 Å². The number of fused-ring (bicyclic) bond motifs is 14. The van der Waals surface area contributed by atoms with Crippen LogP contribution in [0.3, 0.4) is 0 Å². The van der Waals surface area contributed by atoms with Crippen molar-refractivity contribution >= 4 is 89.1 Å². The number of rotatable bonds is 6. The molecule has 106 heavy (non-hydrogen) atoms. The van der Waals surface area contributed by atoms with Crippen molar-refractivity contribution in [2.24, 2.45) is 0 Å². The summed E-state index contributed by atoms with van der Waals surface area (Å²) in [6, 6.07) is 118. The van der Waals surface area contributed by atoms with Gasteiger partial charge in [0.25, 0.3) is 0 Å². The average molecular weight is 1370 g/mol. The lowest BCUT2D eigenvalue weighted by Gasteiger charge is -2.32. The molecular formula is C100H66BClN2O2. The van der Waals surface area contributed by atoms with E-state index >= 15 is 0 Å². The maximum atomic E-state index is 6.56. The van der Waals surface area contributed by atoms with Gasteiger partial charge in [0.1, 0.15) is 5.15 Å². The second-order valence-electron chi connectivity index (χ2n) is 29.5.